The van der Waals surface area contributed by atoms with E-state index in [1.807, 2.05) is 38.1 Å². The Morgan fingerprint density at radius 2 is 1.71 bits per heavy atom. The lowest BCUT2D eigenvalue weighted by atomic mass is 10.3. The van der Waals surface area contributed by atoms with Crippen molar-refractivity contribution in [2.24, 2.45) is 0 Å². The van der Waals surface area contributed by atoms with Crippen molar-refractivity contribution in [2.45, 2.75) is 20.0 Å². The number of aliphatic hydroxyl groups excluding tert-OH is 1. The van der Waals surface area contributed by atoms with Crippen molar-refractivity contribution in [3.8, 4) is 0 Å². The Balaban J connectivity index is 1.82. The SMILES string of the molecule is Cc1cc(C)nc(NC[C@@H](O)CNc2ccccc2Cl)n1. The van der Waals surface area contributed by atoms with E-state index in [4.69, 9.17) is 11.6 Å². The van der Waals surface area contributed by atoms with Crippen molar-refractivity contribution >= 4 is 23.2 Å². The molecule has 0 radical (unpaired) electrons. The van der Waals surface area contributed by atoms with Gasteiger partial charge in [0.2, 0.25) is 5.95 Å². The number of halogens is 1. The molecule has 1 aromatic heterocycles. The van der Waals surface area contributed by atoms with Crippen LogP contribution in [-0.2, 0) is 0 Å². The fraction of sp³-hybridized carbons (Fsp3) is 0.333. The fourth-order valence-corrected chi connectivity index (χ4v) is 2.12. The monoisotopic (exact) mass is 306 g/mol. The summed E-state index contributed by atoms with van der Waals surface area (Å²) in [4.78, 5) is 8.53. The van der Waals surface area contributed by atoms with Crippen LogP contribution in [0, 0.1) is 13.8 Å². The van der Waals surface area contributed by atoms with Crippen molar-refractivity contribution in [3.05, 3.63) is 46.7 Å². The Bertz CT molecular complexity index is 586. The second-order valence-corrected chi connectivity index (χ2v) is 5.28. The average molecular weight is 307 g/mol. The maximum atomic E-state index is 9.98. The number of rotatable bonds is 6. The highest BCUT2D eigenvalue weighted by Crippen LogP contribution is 2.20. The number of para-hydroxylation sites is 1. The van der Waals surface area contributed by atoms with Crippen molar-refractivity contribution < 1.29 is 5.11 Å². The van der Waals surface area contributed by atoms with Crippen molar-refractivity contribution in [2.75, 3.05) is 23.7 Å². The number of aryl methyl sites for hydroxylation is 2. The number of nitrogens with one attached hydrogen (secondary N) is 2. The van der Waals surface area contributed by atoms with Crippen LogP contribution >= 0.6 is 11.6 Å². The highest BCUT2D eigenvalue weighted by atomic mass is 35.5. The predicted octanol–water partition coefficient (Wildman–Crippen LogP) is 2.63. The molecule has 6 heteroatoms. The summed E-state index contributed by atoms with van der Waals surface area (Å²) in [5.41, 5.74) is 2.60. The van der Waals surface area contributed by atoms with E-state index in [2.05, 4.69) is 20.6 Å². The van der Waals surface area contributed by atoms with Gasteiger partial charge < -0.3 is 15.7 Å². The first-order valence-electron chi connectivity index (χ1n) is 6.77. The van der Waals surface area contributed by atoms with Gasteiger partial charge in [0.25, 0.3) is 0 Å². The quantitative estimate of drug-likeness (QED) is 0.765. The Kier molecular flexibility index (Phi) is 5.36. The summed E-state index contributed by atoms with van der Waals surface area (Å²) >= 11 is 6.04. The van der Waals surface area contributed by atoms with Gasteiger partial charge in [0.05, 0.1) is 16.8 Å². The molecule has 5 nitrogen and oxygen atoms in total. The molecule has 0 unspecified atom stereocenters. The molecule has 112 valence electrons. The molecular formula is C15H19ClN4O. The van der Waals surface area contributed by atoms with Crippen molar-refractivity contribution in [1.29, 1.82) is 0 Å². The third-order valence-corrected chi connectivity index (χ3v) is 3.21. The minimum absolute atomic E-state index is 0.361. The second-order valence-electron chi connectivity index (χ2n) is 4.87. The number of nitrogens with zero attached hydrogens (tertiary/aromatic N) is 2. The number of anilines is 2. The average Bonchev–Trinajstić information content (AvgIpc) is 2.43. The summed E-state index contributed by atoms with van der Waals surface area (Å²) in [5.74, 6) is 0.532. The zero-order valence-corrected chi connectivity index (χ0v) is 12.9. The van der Waals surface area contributed by atoms with Gasteiger partial charge in [0.15, 0.2) is 0 Å². The van der Waals surface area contributed by atoms with Crippen LogP contribution in [0.3, 0.4) is 0 Å². The maximum absolute atomic E-state index is 9.98. The molecule has 21 heavy (non-hydrogen) atoms. The third kappa shape index (κ3) is 4.88. The topological polar surface area (TPSA) is 70.1 Å². The zero-order chi connectivity index (χ0) is 15.2. The van der Waals surface area contributed by atoms with Crippen molar-refractivity contribution in [1.82, 2.24) is 9.97 Å². The van der Waals surface area contributed by atoms with Gasteiger partial charge in [0.1, 0.15) is 0 Å². The summed E-state index contributed by atoms with van der Waals surface area (Å²) in [6, 6.07) is 9.33. The van der Waals surface area contributed by atoms with E-state index in [0.717, 1.165) is 17.1 Å². The Morgan fingerprint density at radius 3 is 2.38 bits per heavy atom. The van der Waals surface area contributed by atoms with E-state index in [9.17, 15) is 5.11 Å². The van der Waals surface area contributed by atoms with Gasteiger partial charge in [-0.25, -0.2) is 9.97 Å². The molecule has 0 aliphatic rings. The van der Waals surface area contributed by atoms with Gasteiger partial charge in [-0.3, -0.25) is 0 Å². The van der Waals surface area contributed by atoms with Gasteiger partial charge in [-0.1, -0.05) is 23.7 Å². The fourth-order valence-electron chi connectivity index (χ4n) is 1.92. The van der Waals surface area contributed by atoms with Gasteiger partial charge in [-0.15, -0.1) is 0 Å². The third-order valence-electron chi connectivity index (χ3n) is 2.88. The first-order valence-corrected chi connectivity index (χ1v) is 7.15. The van der Waals surface area contributed by atoms with Crippen LogP contribution in [0.15, 0.2) is 30.3 Å². The maximum Gasteiger partial charge on any atom is 0.223 e. The molecule has 0 saturated heterocycles. The molecule has 3 N–H and O–H groups in total. The molecule has 2 aromatic rings. The number of benzene rings is 1. The Morgan fingerprint density at radius 1 is 1.10 bits per heavy atom. The summed E-state index contributed by atoms with van der Waals surface area (Å²) in [5, 5.41) is 16.8. The van der Waals surface area contributed by atoms with Gasteiger partial charge in [0, 0.05) is 24.5 Å². The Hall–Kier alpha value is -1.85. The number of aliphatic hydroxyl groups is 1. The summed E-state index contributed by atoms with van der Waals surface area (Å²) in [6.45, 7) is 4.58. The molecule has 0 amide bonds. The molecule has 0 aliphatic heterocycles. The Labute approximate surface area is 129 Å². The van der Waals surface area contributed by atoms with E-state index >= 15 is 0 Å². The summed E-state index contributed by atoms with van der Waals surface area (Å²) < 4.78 is 0. The van der Waals surface area contributed by atoms with E-state index in [1.165, 1.54) is 0 Å². The van der Waals surface area contributed by atoms with Crippen LogP contribution in [0.25, 0.3) is 0 Å². The molecule has 1 heterocycles. The summed E-state index contributed by atoms with van der Waals surface area (Å²) in [7, 11) is 0. The van der Waals surface area contributed by atoms with Crippen LogP contribution in [0.5, 0.6) is 0 Å². The lowest BCUT2D eigenvalue weighted by Gasteiger charge is -2.14. The minimum Gasteiger partial charge on any atom is -0.389 e. The number of aromatic nitrogens is 2. The molecule has 1 aromatic carbocycles. The zero-order valence-electron chi connectivity index (χ0n) is 12.1. The molecule has 0 spiro atoms. The normalized spacial score (nSPS) is 12.0. The van der Waals surface area contributed by atoms with Crippen LogP contribution in [0.4, 0.5) is 11.6 Å². The van der Waals surface area contributed by atoms with Crippen molar-refractivity contribution in [3.63, 3.8) is 0 Å². The molecule has 1 atom stereocenters. The van der Waals surface area contributed by atoms with Crippen LogP contribution < -0.4 is 10.6 Å². The number of hydrogen-bond donors (Lipinski definition) is 3. The molecular weight excluding hydrogens is 288 g/mol. The van der Waals surface area contributed by atoms with E-state index in [0.29, 0.717) is 24.1 Å². The van der Waals surface area contributed by atoms with Crippen LogP contribution in [0.1, 0.15) is 11.4 Å². The first-order chi connectivity index (χ1) is 10.0. The van der Waals surface area contributed by atoms with Crippen LogP contribution in [-0.4, -0.2) is 34.3 Å². The standard InChI is InChI=1S/C15H19ClN4O/c1-10-7-11(2)20-15(19-10)18-9-12(21)8-17-14-6-4-3-5-13(14)16/h3-7,12,17,21H,8-9H2,1-2H3,(H,18,19,20)/t12-/m0/s1. The molecule has 0 fully saturated rings. The minimum atomic E-state index is -0.578. The van der Waals surface area contributed by atoms with Gasteiger partial charge >= 0.3 is 0 Å². The largest absolute Gasteiger partial charge is 0.389 e. The predicted molar refractivity (Wildman–Crippen MR) is 85.9 cm³/mol. The number of hydrogen-bond acceptors (Lipinski definition) is 5. The smallest absolute Gasteiger partial charge is 0.223 e. The molecule has 0 aliphatic carbocycles. The lowest BCUT2D eigenvalue weighted by Crippen LogP contribution is -2.28. The van der Waals surface area contributed by atoms with Gasteiger partial charge in [-0.2, -0.15) is 0 Å². The molecule has 0 bridgehead atoms. The van der Waals surface area contributed by atoms with Crippen LogP contribution in [0.2, 0.25) is 5.02 Å². The molecule has 2 rings (SSSR count). The van der Waals surface area contributed by atoms with Gasteiger partial charge in [-0.05, 0) is 32.0 Å². The molecule has 0 saturated carbocycles. The highest BCUT2D eigenvalue weighted by Gasteiger charge is 2.07. The van der Waals surface area contributed by atoms with E-state index in [-0.39, 0.29) is 0 Å². The lowest BCUT2D eigenvalue weighted by molar-refractivity contribution is 0.200. The summed E-state index contributed by atoms with van der Waals surface area (Å²) in [6.07, 6.45) is -0.578. The van der Waals surface area contributed by atoms with E-state index < -0.39 is 6.10 Å². The highest BCUT2D eigenvalue weighted by molar-refractivity contribution is 6.33. The first kappa shape index (κ1) is 15.5. The van der Waals surface area contributed by atoms with E-state index in [1.54, 1.807) is 6.07 Å². The second kappa shape index (κ2) is 7.24.